The Bertz CT molecular complexity index is 1010. The predicted octanol–water partition coefficient (Wildman–Crippen LogP) is 3.01. The fourth-order valence-electron chi connectivity index (χ4n) is 2.52. The molecule has 1 N–H and O–H groups in total. The molecule has 25 heavy (non-hydrogen) atoms. The van der Waals surface area contributed by atoms with E-state index in [1.165, 1.54) is 10.9 Å². The van der Waals surface area contributed by atoms with Gasteiger partial charge in [-0.05, 0) is 30.7 Å². The Morgan fingerprint density at radius 1 is 1.24 bits per heavy atom. The lowest BCUT2D eigenvalue weighted by molar-refractivity contribution is -0.116. The van der Waals surface area contributed by atoms with Gasteiger partial charge in [-0.15, -0.1) is 0 Å². The van der Waals surface area contributed by atoms with Gasteiger partial charge in [-0.3, -0.25) is 14.2 Å². The Labute approximate surface area is 141 Å². The molecule has 1 aromatic heterocycles. The van der Waals surface area contributed by atoms with E-state index in [0.29, 0.717) is 10.9 Å². The molecular formula is C18H15F2N3O2. The highest BCUT2D eigenvalue weighted by atomic mass is 19.1. The Morgan fingerprint density at radius 2 is 2.04 bits per heavy atom. The summed E-state index contributed by atoms with van der Waals surface area (Å²) in [4.78, 5) is 28.6. The topological polar surface area (TPSA) is 64.0 Å². The number of anilines is 1. The molecule has 0 atom stereocenters. The number of carbonyl (C=O) groups excluding carboxylic acids is 1. The number of nitrogens with zero attached hydrogens (tertiary/aromatic N) is 2. The van der Waals surface area contributed by atoms with Gasteiger partial charge in [0.15, 0.2) is 0 Å². The molecule has 0 aliphatic rings. The molecule has 0 bridgehead atoms. The molecule has 0 aliphatic heterocycles. The van der Waals surface area contributed by atoms with E-state index < -0.39 is 17.5 Å². The first-order chi connectivity index (χ1) is 12.0. The van der Waals surface area contributed by atoms with Crippen LogP contribution in [0.4, 0.5) is 14.5 Å². The predicted molar refractivity (Wildman–Crippen MR) is 90.3 cm³/mol. The first kappa shape index (κ1) is 16.8. The zero-order valence-corrected chi connectivity index (χ0v) is 13.4. The molecule has 0 unspecified atom stereocenters. The summed E-state index contributed by atoms with van der Waals surface area (Å²) in [5.74, 6) is -1.91. The van der Waals surface area contributed by atoms with Gasteiger partial charge in [-0.25, -0.2) is 13.8 Å². The van der Waals surface area contributed by atoms with Gasteiger partial charge < -0.3 is 5.32 Å². The van der Waals surface area contributed by atoms with Gasteiger partial charge in [0.05, 0.1) is 22.9 Å². The second-order valence-corrected chi connectivity index (χ2v) is 5.64. The standard InChI is InChI=1S/C18H15F2N3O2/c1-11-3-2-4-13-17(11)21-10-23(18(13)25)8-7-16(24)22-15-9-12(19)5-6-14(15)20/h2-6,9-10H,7-8H2,1H3,(H,22,24). The van der Waals surface area contributed by atoms with E-state index in [4.69, 9.17) is 0 Å². The molecule has 0 aliphatic carbocycles. The van der Waals surface area contributed by atoms with Crippen LogP contribution in [-0.2, 0) is 11.3 Å². The number of carbonyl (C=O) groups is 1. The van der Waals surface area contributed by atoms with Crippen molar-refractivity contribution in [2.45, 2.75) is 19.9 Å². The monoisotopic (exact) mass is 343 g/mol. The van der Waals surface area contributed by atoms with Gasteiger partial charge in [0, 0.05) is 19.0 Å². The van der Waals surface area contributed by atoms with Crippen molar-refractivity contribution in [1.82, 2.24) is 9.55 Å². The molecule has 5 nitrogen and oxygen atoms in total. The zero-order valence-electron chi connectivity index (χ0n) is 13.4. The number of amides is 1. The largest absolute Gasteiger partial charge is 0.323 e. The van der Waals surface area contributed by atoms with Crippen molar-refractivity contribution < 1.29 is 13.6 Å². The zero-order chi connectivity index (χ0) is 18.0. The minimum Gasteiger partial charge on any atom is -0.323 e. The van der Waals surface area contributed by atoms with Crippen molar-refractivity contribution in [3.8, 4) is 0 Å². The Morgan fingerprint density at radius 3 is 2.84 bits per heavy atom. The Kier molecular flexibility index (Phi) is 4.56. The molecule has 0 saturated heterocycles. The van der Waals surface area contributed by atoms with Gasteiger partial charge in [0.1, 0.15) is 11.6 Å². The van der Waals surface area contributed by atoms with Gasteiger partial charge in [-0.1, -0.05) is 12.1 Å². The van der Waals surface area contributed by atoms with E-state index in [0.717, 1.165) is 23.8 Å². The van der Waals surface area contributed by atoms with Crippen molar-refractivity contribution in [2.75, 3.05) is 5.32 Å². The number of fused-ring (bicyclic) bond motifs is 1. The van der Waals surface area contributed by atoms with Crippen molar-refractivity contribution in [3.05, 3.63) is 70.3 Å². The number of aryl methyl sites for hydroxylation is 2. The fraction of sp³-hybridized carbons (Fsp3) is 0.167. The minimum absolute atomic E-state index is 0.0745. The van der Waals surface area contributed by atoms with Crippen molar-refractivity contribution in [1.29, 1.82) is 0 Å². The number of halogens is 2. The summed E-state index contributed by atoms with van der Waals surface area (Å²) in [5.41, 5.74) is 1.03. The first-order valence-electron chi connectivity index (χ1n) is 7.65. The number of benzene rings is 2. The van der Waals surface area contributed by atoms with Crippen LogP contribution < -0.4 is 10.9 Å². The van der Waals surface area contributed by atoms with Crippen LogP contribution in [0.25, 0.3) is 10.9 Å². The third kappa shape index (κ3) is 3.55. The number of rotatable bonds is 4. The summed E-state index contributed by atoms with van der Waals surface area (Å²) < 4.78 is 28.0. The summed E-state index contributed by atoms with van der Waals surface area (Å²) in [7, 11) is 0. The molecule has 0 fully saturated rings. The number of hydrogen-bond donors (Lipinski definition) is 1. The van der Waals surface area contributed by atoms with Crippen LogP contribution in [0.5, 0.6) is 0 Å². The normalized spacial score (nSPS) is 10.8. The molecule has 0 radical (unpaired) electrons. The maximum atomic E-state index is 13.5. The van der Waals surface area contributed by atoms with E-state index in [2.05, 4.69) is 10.3 Å². The van der Waals surface area contributed by atoms with Gasteiger partial charge in [0.2, 0.25) is 5.91 Å². The van der Waals surface area contributed by atoms with Crippen LogP contribution in [-0.4, -0.2) is 15.5 Å². The highest BCUT2D eigenvalue weighted by Crippen LogP contribution is 2.15. The molecule has 128 valence electrons. The summed E-state index contributed by atoms with van der Waals surface area (Å²) in [6.07, 6.45) is 1.31. The number of para-hydroxylation sites is 1. The van der Waals surface area contributed by atoms with Crippen LogP contribution in [0, 0.1) is 18.6 Å². The Balaban J connectivity index is 1.74. The van der Waals surface area contributed by atoms with E-state index in [1.54, 1.807) is 12.1 Å². The third-order valence-corrected chi connectivity index (χ3v) is 3.84. The molecule has 1 heterocycles. The van der Waals surface area contributed by atoms with Crippen LogP contribution in [0.2, 0.25) is 0 Å². The Hall–Kier alpha value is -3.09. The summed E-state index contributed by atoms with van der Waals surface area (Å²) in [5, 5.41) is 2.77. The van der Waals surface area contributed by atoms with Gasteiger partial charge in [-0.2, -0.15) is 0 Å². The lowest BCUT2D eigenvalue weighted by atomic mass is 10.1. The lowest BCUT2D eigenvalue weighted by Crippen LogP contribution is -2.24. The van der Waals surface area contributed by atoms with Crippen LogP contribution in [0.3, 0.4) is 0 Å². The molecule has 2 aromatic carbocycles. The number of aromatic nitrogens is 2. The van der Waals surface area contributed by atoms with Gasteiger partial charge in [0.25, 0.3) is 5.56 Å². The maximum absolute atomic E-state index is 13.5. The van der Waals surface area contributed by atoms with Crippen LogP contribution in [0.1, 0.15) is 12.0 Å². The highest BCUT2D eigenvalue weighted by molar-refractivity contribution is 5.90. The molecule has 0 spiro atoms. The summed E-state index contributed by atoms with van der Waals surface area (Å²) in [6, 6.07) is 8.11. The van der Waals surface area contributed by atoms with Crippen molar-refractivity contribution in [3.63, 3.8) is 0 Å². The van der Waals surface area contributed by atoms with E-state index in [1.807, 2.05) is 13.0 Å². The highest BCUT2D eigenvalue weighted by Gasteiger charge is 2.10. The summed E-state index contributed by atoms with van der Waals surface area (Å²) >= 11 is 0. The SMILES string of the molecule is Cc1cccc2c(=O)n(CCC(=O)Nc3cc(F)ccc3F)cnc12. The first-order valence-corrected chi connectivity index (χ1v) is 7.65. The minimum atomic E-state index is -0.727. The lowest BCUT2D eigenvalue weighted by Gasteiger charge is -2.09. The third-order valence-electron chi connectivity index (χ3n) is 3.84. The smallest absolute Gasteiger partial charge is 0.261 e. The summed E-state index contributed by atoms with van der Waals surface area (Å²) in [6.45, 7) is 1.94. The van der Waals surface area contributed by atoms with E-state index in [9.17, 15) is 18.4 Å². The quantitative estimate of drug-likeness (QED) is 0.792. The van der Waals surface area contributed by atoms with Crippen LogP contribution >= 0.6 is 0 Å². The van der Waals surface area contributed by atoms with Crippen molar-refractivity contribution in [2.24, 2.45) is 0 Å². The van der Waals surface area contributed by atoms with E-state index >= 15 is 0 Å². The average Bonchev–Trinajstić information content (AvgIpc) is 2.58. The van der Waals surface area contributed by atoms with Gasteiger partial charge >= 0.3 is 0 Å². The number of hydrogen-bond acceptors (Lipinski definition) is 3. The average molecular weight is 343 g/mol. The van der Waals surface area contributed by atoms with Crippen molar-refractivity contribution >= 4 is 22.5 Å². The molecule has 0 saturated carbocycles. The molecule has 3 aromatic rings. The second-order valence-electron chi connectivity index (χ2n) is 5.64. The number of nitrogens with one attached hydrogen (secondary N) is 1. The molecule has 1 amide bonds. The van der Waals surface area contributed by atoms with Crippen LogP contribution in [0.15, 0.2) is 47.5 Å². The van der Waals surface area contributed by atoms with E-state index in [-0.39, 0.29) is 24.2 Å². The second kappa shape index (κ2) is 6.80. The fourth-order valence-corrected chi connectivity index (χ4v) is 2.52. The molecule has 3 rings (SSSR count). The maximum Gasteiger partial charge on any atom is 0.261 e. The molecular weight excluding hydrogens is 328 g/mol. The molecule has 7 heteroatoms.